The molecule has 0 saturated heterocycles. The highest BCUT2D eigenvalue weighted by atomic mass is 19.2. The van der Waals surface area contributed by atoms with Crippen molar-refractivity contribution in [2.45, 2.75) is 0 Å². The van der Waals surface area contributed by atoms with E-state index in [1.54, 1.807) is 20.2 Å². The zero-order valence-electron chi connectivity index (χ0n) is 9.37. The number of carbonyl (C=O) groups excluding carboxylic acids is 1. The van der Waals surface area contributed by atoms with Gasteiger partial charge in [-0.25, -0.2) is 8.78 Å². The summed E-state index contributed by atoms with van der Waals surface area (Å²) in [5, 5.41) is 8.80. The molecular formula is C12H10F2N2O. The predicted octanol–water partition coefficient (Wildman–Crippen LogP) is 2.12. The molecule has 0 aromatic heterocycles. The minimum atomic E-state index is -1.11. The Hall–Kier alpha value is -2.22. The van der Waals surface area contributed by atoms with Crippen LogP contribution in [-0.4, -0.2) is 24.8 Å². The second kappa shape index (κ2) is 5.21. The van der Waals surface area contributed by atoms with Crippen molar-refractivity contribution < 1.29 is 13.6 Å². The third-order valence-corrected chi connectivity index (χ3v) is 1.93. The molecule has 0 aliphatic carbocycles. The van der Waals surface area contributed by atoms with Crippen LogP contribution in [0.1, 0.15) is 10.4 Å². The molecule has 0 heterocycles. The average Bonchev–Trinajstić information content (AvgIpc) is 2.28. The predicted molar refractivity (Wildman–Crippen MR) is 58.1 cm³/mol. The van der Waals surface area contributed by atoms with Gasteiger partial charge in [-0.3, -0.25) is 4.79 Å². The van der Waals surface area contributed by atoms with E-state index in [0.717, 1.165) is 18.2 Å². The molecular weight excluding hydrogens is 226 g/mol. The molecule has 0 aliphatic rings. The van der Waals surface area contributed by atoms with E-state index >= 15 is 0 Å². The van der Waals surface area contributed by atoms with Crippen LogP contribution in [0.4, 0.5) is 8.78 Å². The van der Waals surface area contributed by atoms with Crippen molar-refractivity contribution in [2.75, 3.05) is 14.1 Å². The van der Waals surface area contributed by atoms with Gasteiger partial charge in [0.05, 0.1) is 0 Å². The van der Waals surface area contributed by atoms with Crippen molar-refractivity contribution in [3.8, 4) is 6.07 Å². The summed E-state index contributed by atoms with van der Waals surface area (Å²) < 4.78 is 25.6. The van der Waals surface area contributed by atoms with Gasteiger partial charge in [0.15, 0.2) is 11.6 Å². The van der Waals surface area contributed by atoms with Crippen LogP contribution in [0.5, 0.6) is 0 Å². The molecule has 0 radical (unpaired) electrons. The first-order valence-corrected chi connectivity index (χ1v) is 4.74. The molecule has 0 saturated carbocycles. The Balaban J connectivity index is 3.12. The average molecular weight is 236 g/mol. The molecule has 0 unspecified atom stereocenters. The normalized spacial score (nSPS) is 10.9. The topological polar surface area (TPSA) is 44.1 Å². The van der Waals surface area contributed by atoms with Crippen molar-refractivity contribution in [1.82, 2.24) is 4.90 Å². The minimum absolute atomic E-state index is 0.0569. The van der Waals surface area contributed by atoms with Gasteiger partial charge in [0.25, 0.3) is 0 Å². The lowest BCUT2D eigenvalue weighted by Crippen LogP contribution is -2.09. The van der Waals surface area contributed by atoms with E-state index in [1.165, 1.54) is 11.1 Å². The van der Waals surface area contributed by atoms with Crippen molar-refractivity contribution in [2.24, 2.45) is 0 Å². The van der Waals surface area contributed by atoms with E-state index in [0.29, 0.717) is 0 Å². The highest BCUT2D eigenvalue weighted by Crippen LogP contribution is 2.13. The van der Waals surface area contributed by atoms with Crippen LogP contribution < -0.4 is 0 Å². The molecule has 0 atom stereocenters. The molecule has 5 heteroatoms. The quantitative estimate of drug-likeness (QED) is 0.458. The van der Waals surface area contributed by atoms with E-state index in [2.05, 4.69) is 0 Å². The number of benzene rings is 1. The van der Waals surface area contributed by atoms with E-state index in [9.17, 15) is 13.6 Å². The first-order valence-electron chi connectivity index (χ1n) is 4.74. The summed E-state index contributed by atoms with van der Waals surface area (Å²) in [5.74, 6) is -2.78. The molecule has 0 N–H and O–H groups in total. The van der Waals surface area contributed by atoms with Crippen molar-refractivity contribution in [3.05, 3.63) is 47.2 Å². The maximum Gasteiger partial charge on any atom is 0.205 e. The molecule has 1 aromatic carbocycles. The van der Waals surface area contributed by atoms with Gasteiger partial charge in [-0.05, 0) is 18.2 Å². The number of Topliss-reactive ketones (excluding diaryl/α,β-unsaturated/α-hetero) is 1. The maximum absolute atomic E-state index is 12.9. The zero-order chi connectivity index (χ0) is 13.0. The van der Waals surface area contributed by atoms with Gasteiger partial charge < -0.3 is 4.90 Å². The first-order chi connectivity index (χ1) is 7.95. The molecule has 0 bridgehead atoms. The Bertz CT molecular complexity index is 516. The first kappa shape index (κ1) is 12.8. The molecule has 1 rings (SSSR count). The number of nitrogens with zero attached hydrogens (tertiary/aromatic N) is 2. The lowest BCUT2D eigenvalue weighted by Gasteiger charge is -2.06. The third kappa shape index (κ3) is 3.11. The fraction of sp³-hybridized carbons (Fsp3) is 0.167. The van der Waals surface area contributed by atoms with Crippen LogP contribution in [0, 0.1) is 23.0 Å². The Morgan fingerprint density at radius 3 is 2.47 bits per heavy atom. The van der Waals surface area contributed by atoms with Crippen LogP contribution in [-0.2, 0) is 0 Å². The van der Waals surface area contributed by atoms with E-state index in [1.807, 2.05) is 0 Å². The molecule has 0 spiro atoms. The number of allylic oxidation sites excluding steroid dienone is 1. The summed E-state index contributed by atoms with van der Waals surface area (Å²) in [7, 11) is 3.30. The number of hydrogen-bond donors (Lipinski definition) is 0. The molecule has 3 nitrogen and oxygen atoms in total. The lowest BCUT2D eigenvalue weighted by molar-refractivity contribution is 0.103. The lowest BCUT2D eigenvalue weighted by atomic mass is 10.0. The molecule has 17 heavy (non-hydrogen) atoms. The summed E-state index contributed by atoms with van der Waals surface area (Å²) >= 11 is 0. The SMILES string of the molecule is CN(C)C=C(C#N)C(=O)c1ccc(F)c(F)c1. The highest BCUT2D eigenvalue weighted by molar-refractivity contribution is 6.11. The fourth-order valence-corrected chi connectivity index (χ4v) is 1.19. The van der Waals surface area contributed by atoms with E-state index in [-0.39, 0.29) is 11.1 Å². The van der Waals surface area contributed by atoms with E-state index < -0.39 is 17.4 Å². The van der Waals surface area contributed by atoms with Crippen LogP contribution >= 0.6 is 0 Å². The number of halogens is 2. The minimum Gasteiger partial charge on any atom is -0.382 e. The number of rotatable bonds is 3. The van der Waals surface area contributed by atoms with Crippen LogP contribution in [0.2, 0.25) is 0 Å². The summed E-state index contributed by atoms with van der Waals surface area (Å²) in [5.41, 5.74) is -0.195. The second-order valence-corrected chi connectivity index (χ2v) is 3.58. The molecule has 1 aromatic rings. The van der Waals surface area contributed by atoms with Gasteiger partial charge in [-0.2, -0.15) is 5.26 Å². The Morgan fingerprint density at radius 1 is 1.35 bits per heavy atom. The Kier molecular flexibility index (Phi) is 3.94. The van der Waals surface area contributed by atoms with Gasteiger partial charge in [0.1, 0.15) is 11.6 Å². The van der Waals surface area contributed by atoms with Crippen molar-refractivity contribution in [1.29, 1.82) is 5.26 Å². The summed E-state index contributed by atoms with van der Waals surface area (Å²) in [6, 6.07) is 4.49. The summed E-state index contributed by atoms with van der Waals surface area (Å²) in [6.45, 7) is 0. The van der Waals surface area contributed by atoms with Gasteiger partial charge in [0.2, 0.25) is 5.78 Å². The molecule has 0 aliphatic heterocycles. The third-order valence-electron chi connectivity index (χ3n) is 1.93. The van der Waals surface area contributed by atoms with Crippen molar-refractivity contribution >= 4 is 5.78 Å². The van der Waals surface area contributed by atoms with Gasteiger partial charge in [0, 0.05) is 25.9 Å². The van der Waals surface area contributed by atoms with E-state index in [4.69, 9.17) is 5.26 Å². The smallest absolute Gasteiger partial charge is 0.205 e. The molecule has 88 valence electrons. The number of carbonyl (C=O) groups is 1. The summed E-state index contributed by atoms with van der Waals surface area (Å²) in [4.78, 5) is 13.3. The second-order valence-electron chi connectivity index (χ2n) is 3.58. The Morgan fingerprint density at radius 2 is 2.00 bits per heavy atom. The Labute approximate surface area is 97.6 Å². The number of hydrogen-bond acceptors (Lipinski definition) is 3. The zero-order valence-corrected chi connectivity index (χ0v) is 9.37. The van der Waals surface area contributed by atoms with Gasteiger partial charge in [-0.15, -0.1) is 0 Å². The monoisotopic (exact) mass is 236 g/mol. The molecule has 0 amide bonds. The standard InChI is InChI=1S/C12H10F2N2O/c1-16(2)7-9(6-15)12(17)8-3-4-10(13)11(14)5-8/h3-5,7H,1-2H3. The molecule has 0 fully saturated rings. The van der Waals surface area contributed by atoms with Crippen molar-refractivity contribution in [3.63, 3.8) is 0 Å². The maximum atomic E-state index is 12.9. The summed E-state index contributed by atoms with van der Waals surface area (Å²) in [6.07, 6.45) is 1.32. The van der Waals surface area contributed by atoms with Crippen LogP contribution in [0.25, 0.3) is 0 Å². The number of nitriles is 1. The fourth-order valence-electron chi connectivity index (χ4n) is 1.19. The van der Waals surface area contributed by atoms with Crippen LogP contribution in [0.15, 0.2) is 30.0 Å². The highest BCUT2D eigenvalue weighted by Gasteiger charge is 2.14. The van der Waals surface area contributed by atoms with Crippen LogP contribution in [0.3, 0.4) is 0 Å². The number of ketones is 1. The van der Waals surface area contributed by atoms with Gasteiger partial charge >= 0.3 is 0 Å². The van der Waals surface area contributed by atoms with Gasteiger partial charge in [-0.1, -0.05) is 0 Å². The largest absolute Gasteiger partial charge is 0.382 e.